The highest BCUT2D eigenvalue weighted by Crippen LogP contribution is 2.44. The Bertz CT molecular complexity index is 700. The standard InChI is InChI=1S/C17H19F2N3/c1-11-15(19)16(21-10-20-11)22-9-8-13(17(22,2)3)12-6-4-5-7-14(12)18/h4-7,10,13H,8-9H2,1-3H3. The van der Waals surface area contributed by atoms with E-state index in [1.807, 2.05) is 30.9 Å². The Balaban J connectivity index is 2.01. The molecular weight excluding hydrogens is 284 g/mol. The Morgan fingerprint density at radius 3 is 2.64 bits per heavy atom. The van der Waals surface area contributed by atoms with Gasteiger partial charge in [-0.3, -0.25) is 0 Å². The average molecular weight is 303 g/mol. The van der Waals surface area contributed by atoms with Crippen molar-refractivity contribution in [3.63, 3.8) is 0 Å². The van der Waals surface area contributed by atoms with Crippen molar-refractivity contribution < 1.29 is 8.78 Å². The Kier molecular flexibility index (Phi) is 3.59. The van der Waals surface area contributed by atoms with Crippen LogP contribution in [0.4, 0.5) is 14.6 Å². The number of aryl methyl sites for hydroxylation is 1. The predicted molar refractivity (Wildman–Crippen MR) is 81.9 cm³/mol. The summed E-state index contributed by atoms with van der Waals surface area (Å²) in [5.74, 6) is -0.314. The van der Waals surface area contributed by atoms with Crippen molar-refractivity contribution in [2.24, 2.45) is 0 Å². The van der Waals surface area contributed by atoms with E-state index in [1.54, 1.807) is 13.0 Å². The van der Waals surface area contributed by atoms with Gasteiger partial charge in [-0.2, -0.15) is 0 Å². The van der Waals surface area contributed by atoms with E-state index in [-0.39, 0.29) is 11.7 Å². The van der Waals surface area contributed by atoms with Crippen LogP contribution in [0.1, 0.15) is 37.4 Å². The second-order valence-electron chi connectivity index (χ2n) is 6.26. The molecular formula is C17H19F2N3. The van der Waals surface area contributed by atoms with Gasteiger partial charge in [-0.1, -0.05) is 18.2 Å². The van der Waals surface area contributed by atoms with Gasteiger partial charge in [-0.15, -0.1) is 0 Å². The van der Waals surface area contributed by atoms with Gasteiger partial charge in [0.15, 0.2) is 11.6 Å². The van der Waals surface area contributed by atoms with Gasteiger partial charge in [0, 0.05) is 18.0 Å². The van der Waals surface area contributed by atoms with E-state index in [2.05, 4.69) is 9.97 Å². The molecule has 1 saturated heterocycles. The number of aromatic nitrogens is 2. The molecule has 1 aromatic heterocycles. The van der Waals surface area contributed by atoms with E-state index < -0.39 is 11.4 Å². The minimum Gasteiger partial charge on any atom is -0.348 e. The molecule has 0 spiro atoms. The average Bonchev–Trinajstić information content (AvgIpc) is 2.78. The van der Waals surface area contributed by atoms with Crippen molar-refractivity contribution in [1.29, 1.82) is 0 Å². The molecule has 1 fully saturated rings. The number of hydrogen-bond donors (Lipinski definition) is 0. The lowest BCUT2D eigenvalue weighted by Gasteiger charge is -2.37. The molecule has 3 nitrogen and oxygen atoms in total. The van der Waals surface area contributed by atoms with Gasteiger partial charge in [0.2, 0.25) is 0 Å². The van der Waals surface area contributed by atoms with Crippen molar-refractivity contribution in [2.75, 3.05) is 11.4 Å². The molecule has 2 heterocycles. The molecule has 0 radical (unpaired) electrons. The largest absolute Gasteiger partial charge is 0.348 e. The molecule has 0 N–H and O–H groups in total. The smallest absolute Gasteiger partial charge is 0.186 e. The van der Waals surface area contributed by atoms with Gasteiger partial charge in [0.25, 0.3) is 0 Å². The molecule has 1 aliphatic heterocycles. The maximum Gasteiger partial charge on any atom is 0.186 e. The number of rotatable bonds is 2. The molecule has 0 saturated carbocycles. The molecule has 1 unspecified atom stereocenters. The second-order valence-corrected chi connectivity index (χ2v) is 6.26. The molecule has 5 heteroatoms. The van der Waals surface area contributed by atoms with E-state index >= 15 is 0 Å². The molecule has 0 amide bonds. The zero-order chi connectivity index (χ0) is 15.9. The highest BCUT2D eigenvalue weighted by Gasteiger charge is 2.44. The lowest BCUT2D eigenvalue weighted by Crippen LogP contribution is -2.43. The number of halogens is 2. The van der Waals surface area contributed by atoms with Crippen molar-refractivity contribution in [1.82, 2.24) is 9.97 Å². The van der Waals surface area contributed by atoms with E-state index in [4.69, 9.17) is 0 Å². The molecule has 2 aromatic rings. The van der Waals surface area contributed by atoms with E-state index in [0.717, 1.165) is 6.42 Å². The summed E-state index contributed by atoms with van der Waals surface area (Å²) in [7, 11) is 0. The van der Waals surface area contributed by atoms with Crippen LogP contribution in [0.25, 0.3) is 0 Å². The quantitative estimate of drug-likeness (QED) is 0.844. The zero-order valence-corrected chi connectivity index (χ0v) is 13.0. The summed E-state index contributed by atoms with van der Waals surface area (Å²) < 4.78 is 28.5. The Hall–Kier alpha value is -2.04. The molecule has 0 aliphatic carbocycles. The Labute approximate surface area is 129 Å². The topological polar surface area (TPSA) is 29.0 Å². The maximum atomic E-state index is 14.4. The minimum absolute atomic E-state index is 0.0108. The summed E-state index contributed by atoms with van der Waals surface area (Å²) in [4.78, 5) is 9.92. The number of nitrogens with zero attached hydrogens (tertiary/aromatic N) is 3. The fourth-order valence-corrected chi connectivity index (χ4v) is 3.39. The summed E-state index contributed by atoms with van der Waals surface area (Å²) in [6.07, 6.45) is 2.14. The number of hydrogen-bond acceptors (Lipinski definition) is 3. The van der Waals surface area contributed by atoms with Crippen LogP contribution >= 0.6 is 0 Å². The fraction of sp³-hybridized carbons (Fsp3) is 0.412. The van der Waals surface area contributed by atoms with Crippen LogP contribution in [0.5, 0.6) is 0 Å². The van der Waals surface area contributed by atoms with Gasteiger partial charge < -0.3 is 4.90 Å². The van der Waals surface area contributed by atoms with Gasteiger partial charge in [0.05, 0.1) is 5.69 Å². The first-order valence-corrected chi connectivity index (χ1v) is 7.42. The summed E-state index contributed by atoms with van der Waals surface area (Å²) in [5.41, 5.74) is 0.584. The van der Waals surface area contributed by atoms with Crippen LogP contribution in [-0.4, -0.2) is 22.1 Å². The monoisotopic (exact) mass is 303 g/mol. The van der Waals surface area contributed by atoms with Crippen LogP contribution in [0.3, 0.4) is 0 Å². The SMILES string of the molecule is Cc1ncnc(N2CCC(c3ccccc3F)C2(C)C)c1F. The Morgan fingerprint density at radius 1 is 1.18 bits per heavy atom. The maximum absolute atomic E-state index is 14.4. The highest BCUT2D eigenvalue weighted by atomic mass is 19.1. The van der Waals surface area contributed by atoms with Crippen LogP contribution in [0, 0.1) is 18.6 Å². The van der Waals surface area contributed by atoms with Crippen LogP contribution < -0.4 is 4.90 Å². The summed E-state index contributed by atoms with van der Waals surface area (Å²) >= 11 is 0. The molecule has 22 heavy (non-hydrogen) atoms. The molecule has 1 atom stereocenters. The third kappa shape index (κ3) is 2.25. The predicted octanol–water partition coefficient (Wildman–Crippen LogP) is 3.84. The Morgan fingerprint density at radius 2 is 1.91 bits per heavy atom. The lowest BCUT2D eigenvalue weighted by molar-refractivity contribution is 0.432. The first kappa shape index (κ1) is 14.9. The van der Waals surface area contributed by atoms with Crippen molar-refractivity contribution >= 4 is 5.82 Å². The number of anilines is 1. The van der Waals surface area contributed by atoms with Crippen LogP contribution in [-0.2, 0) is 0 Å². The molecule has 1 aliphatic rings. The minimum atomic E-state index is -0.427. The highest BCUT2D eigenvalue weighted by molar-refractivity contribution is 5.48. The fourth-order valence-electron chi connectivity index (χ4n) is 3.39. The molecule has 1 aromatic carbocycles. The molecule has 3 rings (SSSR count). The molecule has 116 valence electrons. The van der Waals surface area contributed by atoms with Gasteiger partial charge >= 0.3 is 0 Å². The summed E-state index contributed by atoms with van der Waals surface area (Å²) in [5, 5.41) is 0. The summed E-state index contributed by atoms with van der Waals surface area (Å²) in [6.45, 7) is 6.28. The first-order valence-electron chi connectivity index (χ1n) is 7.42. The van der Waals surface area contributed by atoms with Gasteiger partial charge in [-0.25, -0.2) is 18.7 Å². The number of benzene rings is 1. The zero-order valence-electron chi connectivity index (χ0n) is 13.0. The second kappa shape index (κ2) is 5.30. The van der Waals surface area contributed by atoms with Crippen molar-refractivity contribution in [3.05, 3.63) is 53.5 Å². The normalized spacial score (nSPS) is 20.4. The van der Waals surface area contributed by atoms with Crippen LogP contribution in [0.2, 0.25) is 0 Å². The third-order valence-corrected chi connectivity index (χ3v) is 4.67. The summed E-state index contributed by atoms with van der Waals surface area (Å²) in [6, 6.07) is 6.81. The van der Waals surface area contributed by atoms with Gasteiger partial charge in [0.1, 0.15) is 12.1 Å². The van der Waals surface area contributed by atoms with Crippen molar-refractivity contribution in [3.8, 4) is 0 Å². The molecule has 0 bridgehead atoms. The third-order valence-electron chi connectivity index (χ3n) is 4.67. The van der Waals surface area contributed by atoms with Crippen LogP contribution in [0.15, 0.2) is 30.6 Å². The van der Waals surface area contributed by atoms with E-state index in [9.17, 15) is 8.78 Å². The van der Waals surface area contributed by atoms with E-state index in [0.29, 0.717) is 23.6 Å². The van der Waals surface area contributed by atoms with Crippen molar-refractivity contribution in [2.45, 2.75) is 38.6 Å². The van der Waals surface area contributed by atoms with E-state index in [1.165, 1.54) is 12.4 Å². The lowest BCUT2D eigenvalue weighted by atomic mass is 9.82. The van der Waals surface area contributed by atoms with Gasteiger partial charge in [-0.05, 0) is 38.8 Å². The first-order chi connectivity index (χ1) is 10.4.